The Labute approximate surface area is 191 Å². The molecule has 0 saturated heterocycles. The molecule has 0 aliphatic heterocycles. The predicted molar refractivity (Wildman–Crippen MR) is 109 cm³/mol. The molecule has 0 atom stereocenters. The number of alkyl halides is 7. The topological polar surface area (TPSA) is 26.3 Å². The molecule has 3 aliphatic rings. The molecule has 0 aromatic carbocycles. The van der Waals surface area contributed by atoms with Crippen LogP contribution in [0.2, 0.25) is 0 Å². The molecule has 2 nitrogen and oxygen atoms in total. The molecule has 0 bridgehead atoms. The zero-order chi connectivity index (χ0) is 24.4. The fraction of sp³-hybridized carbons (Fsp3) is 0.958. The second-order valence-corrected chi connectivity index (χ2v) is 10.5. The fourth-order valence-electron chi connectivity index (χ4n) is 6.37. The number of hydrogen-bond donors (Lipinski definition) is 0. The average molecular weight is 489 g/mol. The van der Waals surface area contributed by atoms with Crippen LogP contribution >= 0.6 is 0 Å². The van der Waals surface area contributed by atoms with Crippen LogP contribution in [-0.2, 0) is 9.53 Å². The van der Waals surface area contributed by atoms with Crippen molar-refractivity contribution in [1.29, 1.82) is 0 Å². The molecule has 0 N–H and O–H groups in total. The smallest absolute Gasteiger partial charge is 0.458 e. The lowest BCUT2D eigenvalue weighted by Crippen LogP contribution is -2.57. The van der Waals surface area contributed by atoms with Crippen LogP contribution in [0.3, 0.4) is 0 Å². The van der Waals surface area contributed by atoms with Gasteiger partial charge in [-0.2, -0.15) is 30.7 Å². The highest BCUT2D eigenvalue weighted by Gasteiger charge is 2.77. The molecule has 0 aromatic rings. The quantitative estimate of drug-likeness (QED) is 0.280. The predicted octanol–water partition coefficient (Wildman–Crippen LogP) is 7.94. The van der Waals surface area contributed by atoms with Crippen molar-refractivity contribution in [1.82, 2.24) is 0 Å². The number of ether oxygens (including phenoxy) is 1. The SMILES string of the molecule is CCC1CCC(C2CCC(C3CCC(OC(=O)C(F)(F)C(F)(F)C(F)(F)F)CC3)CC2)CC1. The first-order valence-electron chi connectivity index (χ1n) is 12.4. The van der Waals surface area contributed by atoms with Crippen LogP contribution in [-0.4, -0.2) is 30.1 Å². The molecular formula is C24H35F7O2. The highest BCUT2D eigenvalue weighted by Crippen LogP contribution is 2.48. The summed E-state index contributed by atoms with van der Waals surface area (Å²) < 4.78 is 94.3. The summed E-state index contributed by atoms with van der Waals surface area (Å²) in [5.74, 6) is -11.9. The Morgan fingerprint density at radius 3 is 1.39 bits per heavy atom. The molecule has 3 saturated carbocycles. The minimum atomic E-state index is -6.54. The molecular weight excluding hydrogens is 453 g/mol. The van der Waals surface area contributed by atoms with Gasteiger partial charge in [0.05, 0.1) is 0 Å². The van der Waals surface area contributed by atoms with Gasteiger partial charge in [-0.15, -0.1) is 0 Å². The lowest BCUT2D eigenvalue weighted by molar-refractivity contribution is -0.349. The van der Waals surface area contributed by atoms with Gasteiger partial charge in [-0.25, -0.2) is 4.79 Å². The van der Waals surface area contributed by atoms with Crippen molar-refractivity contribution in [3.8, 4) is 0 Å². The molecule has 0 spiro atoms. The summed E-state index contributed by atoms with van der Waals surface area (Å²) in [4.78, 5) is 11.5. The number of carbonyl (C=O) groups is 1. The third kappa shape index (κ3) is 5.80. The van der Waals surface area contributed by atoms with Crippen LogP contribution in [0.5, 0.6) is 0 Å². The van der Waals surface area contributed by atoms with Gasteiger partial charge in [0.15, 0.2) is 0 Å². The average Bonchev–Trinajstić information content (AvgIpc) is 2.79. The zero-order valence-corrected chi connectivity index (χ0v) is 19.1. The monoisotopic (exact) mass is 488 g/mol. The standard InChI is InChI=1S/C24H35F7O2/c1-2-15-3-5-16(6-4-15)17-7-9-18(10-8-17)19-11-13-20(14-12-19)33-21(32)22(25,26)23(27,28)24(29,30)31/h15-20H,2-14H2,1H3. The molecule has 0 unspecified atom stereocenters. The summed E-state index contributed by atoms with van der Waals surface area (Å²) in [7, 11) is 0. The molecule has 0 heterocycles. The van der Waals surface area contributed by atoms with E-state index in [0.717, 1.165) is 30.6 Å². The Balaban J connectivity index is 1.42. The molecule has 3 aliphatic carbocycles. The van der Waals surface area contributed by atoms with Gasteiger partial charge in [0.1, 0.15) is 6.10 Å². The maximum absolute atomic E-state index is 13.5. The van der Waals surface area contributed by atoms with Crippen LogP contribution in [0.1, 0.15) is 90.4 Å². The van der Waals surface area contributed by atoms with E-state index in [4.69, 9.17) is 0 Å². The van der Waals surface area contributed by atoms with Crippen molar-refractivity contribution in [3.05, 3.63) is 0 Å². The Morgan fingerprint density at radius 2 is 1.03 bits per heavy atom. The number of hydrogen-bond acceptors (Lipinski definition) is 2. The second kappa shape index (κ2) is 10.3. The van der Waals surface area contributed by atoms with Gasteiger partial charge in [-0.05, 0) is 93.8 Å². The Hall–Kier alpha value is -1.02. The van der Waals surface area contributed by atoms with Crippen molar-refractivity contribution in [2.45, 2.75) is 115 Å². The number of rotatable bonds is 6. The van der Waals surface area contributed by atoms with Crippen molar-refractivity contribution in [2.75, 3.05) is 0 Å². The van der Waals surface area contributed by atoms with Crippen LogP contribution in [0.4, 0.5) is 30.7 Å². The van der Waals surface area contributed by atoms with Crippen molar-refractivity contribution in [3.63, 3.8) is 0 Å². The first kappa shape index (κ1) is 26.6. The Bertz CT molecular complexity index is 640. The molecule has 9 heteroatoms. The molecule has 192 valence electrons. The molecule has 0 radical (unpaired) electrons. The molecule has 3 rings (SSSR count). The van der Waals surface area contributed by atoms with Crippen molar-refractivity contribution in [2.24, 2.45) is 29.6 Å². The summed E-state index contributed by atoms with van der Waals surface area (Å²) in [6, 6.07) is 0. The van der Waals surface area contributed by atoms with E-state index in [0.29, 0.717) is 24.7 Å². The third-order valence-electron chi connectivity index (χ3n) is 8.62. The van der Waals surface area contributed by atoms with Gasteiger partial charge in [-0.3, -0.25) is 0 Å². The molecule has 0 amide bonds. The minimum Gasteiger partial charge on any atom is -0.458 e. The van der Waals surface area contributed by atoms with E-state index in [2.05, 4.69) is 11.7 Å². The first-order valence-corrected chi connectivity index (χ1v) is 12.4. The van der Waals surface area contributed by atoms with Gasteiger partial charge < -0.3 is 4.74 Å². The van der Waals surface area contributed by atoms with Gasteiger partial charge in [0, 0.05) is 0 Å². The van der Waals surface area contributed by atoms with E-state index in [9.17, 15) is 35.5 Å². The summed E-state index contributed by atoms with van der Waals surface area (Å²) in [5, 5.41) is 0. The van der Waals surface area contributed by atoms with Gasteiger partial charge >= 0.3 is 24.0 Å². The maximum atomic E-state index is 13.5. The number of esters is 1. The first-order chi connectivity index (χ1) is 15.4. The Morgan fingerprint density at radius 1 is 0.667 bits per heavy atom. The lowest BCUT2D eigenvalue weighted by atomic mass is 9.65. The largest absolute Gasteiger partial charge is 0.460 e. The molecule has 33 heavy (non-hydrogen) atoms. The van der Waals surface area contributed by atoms with E-state index < -0.39 is 30.1 Å². The van der Waals surface area contributed by atoms with E-state index in [-0.39, 0.29) is 12.8 Å². The summed E-state index contributed by atoms with van der Waals surface area (Å²) in [6.07, 6.45) is 5.24. The van der Waals surface area contributed by atoms with Crippen LogP contribution in [0, 0.1) is 29.6 Å². The highest BCUT2D eigenvalue weighted by atomic mass is 19.4. The van der Waals surface area contributed by atoms with E-state index in [1.54, 1.807) is 0 Å². The van der Waals surface area contributed by atoms with Crippen LogP contribution in [0.15, 0.2) is 0 Å². The van der Waals surface area contributed by atoms with Gasteiger partial charge in [0.25, 0.3) is 0 Å². The Kier molecular flexibility index (Phi) is 8.30. The zero-order valence-electron chi connectivity index (χ0n) is 19.1. The maximum Gasteiger partial charge on any atom is 0.460 e. The van der Waals surface area contributed by atoms with E-state index in [1.807, 2.05) is 0 Å². The van der Waals surface area contributed by atoms with Crippen LogP contribution in [0.25, 0.3) is 0 Å². The summed E-state index contributed by atoms with van der Waals surface area (Å²) in [5.41, 5.74) is 0. The number of halogens is 7. The number of carbonyl (C=O) groups excluding carboxylic acids is 1. The molecule has 3 fully saturated rings. The van der Waals surface area contributed by atoms with Gasteiger partial charge in [-0.1, -0.05) is 26.2 Å². The van der Waals surface area contributed by atoms with E-state index in [1.165, 1.54) is 44.9 Å². The summed E-state index contributed by atoms with van der Waals surface area (Å²) >= 11 is 0. The second-order valence-electron chi connectivity index (χ2n) is 10.5. The van der Waals surface area contributed by atoms with E-state index >= 15 is 0 Å². The van der Waals surface area contributed by atoms with Crippen molar-refractivity contribution < 1.29 is 40.3 Å². The summed E-state index contributed by atoms with van der Waals surface area (Å²) in [6.45, 7) is 2.26. The van der Waals surface area contributed by atoms with Gasteiger partial charge in [0.2, 0.25) is 0 Å². The minimum absolute atomic E-state index is 0.213. The molecule has 0 aromatic heterocycles. The normalized spacial score (nSPS) is 34.7. The third-order valence-corrected chi connectivity index (χ3v) is 8.62. The lowest BCUT2D eigenvalue weighted by Gasteiger charge is -2.41. The van der Waals surface area contributed by atoms with Crippen LogP contribution < -0.4 is 0 Å². The van der Waals surface area contributed by atoms with Crippen molar-refractivity contribution >= 4 is 5.97 Å². The highest BCUT2D eigenvalue weighted by molar-refractivity contribution is 5.79. The fourth-order valence-corrected chi connectivity index (χ4v) is 6.37.